The van der Waals surface area contributed by atoms with E-state index < -0.39 is 0 Å². The van der Waals surface area contributed by atoms with Crippen molar-refractivity contribution in [2.24, 2.45) is 4.99 Å². The molecule has 0 amide bonds. The third-order valence-electron chi connectivity index (χ3n) is 4.13. The van der Waals surface area contributed by atoms with Gasteiger partial charge < -0.3 is 4.90 Å². The minimum atomic E-state index is -0.140. The summed E-state index contributed by atoms with van der Waals surface area (Å²) < 4.78 is 14.0. The molecule has 0 unspecified atom stereocenters. The first-order valence-corrected chi connectivity index (χ1v) is 8.00. The van der Waals surface area contributed by atoms with E-state index in [9.17, 15) is 4.39 Å². The number of hydrogen-bond donors (Lipinski definition) is 0. The van der Waals surface area contributed by atoms with Crippen LogP contribution in [0.3, 0.4) is 0 Å². The van der Waals surface area contributed by atoms with E-state index in [1.165, 1.54) is 0 Å². The largest absolute Gasteiger partial charge is 0.366 e. The molecule has 2 aromatic carbocycles. The molecule has 0 radical (unpaired) electrons. The van der Waals surface area contributed by atoms with Crippen LogP contribution in [0.25, 0.3) is 0 Å². The average molecular weight is 312 g/mol. The van der Waals surface area contributed by atoms with E-state index in [-0.39, 0.29) is 5.82 Å². The van der Waals surface area contributed by atoms with Gasteiger partial charge in [-0.15, -0.1) is 0 Å². The highest BCUT2D eigenvalue weighted by molar-refractivity contribution is 5.64. The standard InChI is InChI=1S/C20H25FN2/c1-6-23(5)13-22-20-11-15(3)17(10-16(20)4)12-18-9-14(2)7-8-19(18)21/h7-11,13H,6,12H2,1-5H3. The Labute approximate surface area is 138 Å². The molecule has 2 rings (SSSR count). The highest BCUT2D eigenvalue weighted by Gasteiger charge is 2.08. The zero-order valence-corrected chi connectivity index (χ0v) is 14.7. The lowest BCUT2D eigenvalue weighted by molar-refractivity contribution is 0.552. The lowest BCUT2D eigenvalue weighted by atomic mass is 9.96. The first-order chi connectivity index (χ1) is 10.9. The Morgan fingerprint density at radius 3 is 2.48 bits per heavy atom. The van der Waals surface area contributed by atoms with Crippen molar-refractivity contribution >= 4 is 12.0 Å². The topological polar surface area (TPSA) is 15.6 Å². The lowest BCUT2D eigenvalue weighted by Crippen LogP contribution is -2.14. The van der Waals surface area contributed by atoms with Gasteiger partial charge in [-0.2, -0.15) is 0 Å². The van der Waals surface area contributed by atoms with Gasteiger partial charge in [-0.25, -0.2) is 9.38 Å². The normalized spacial score (nSPS) is 11.2. The second-order valence-electron chi connectivity index (χ2n) is 6.15. The second-order valence-corrected chi connectivity index (χ2v) is 6.15. The van der Waals surface area contributed by atoms with E-state index >= 15 is 0 Å². The Morgan fingerprint density at radius 1 is 1.04 bits per heavy atom. The summed E-state index contributed by atoms with van der Waals surface area (Å²) in [6, 6.07) is 9.48. The summed E-state index contributed by atoms with van der Waals surface area (Å²) in [5.41, 5.74) is 6.20. The van der Waals surface area contributed by atoms with E-state index in [1.54, 1.807) is 12.1 Å². The number of aliphatic imine (C=N–C) groups is 1. The van der Waals surface area contributed by atoms with Crippen molar-refractivity contribution in [2.75, 3.05) is 13.6 Å². The molecule has 0 aliphatic rings. The van der Waals surface area contributed by atoms with Crippen LogP contribution in [-0.2, 0) is 6.42 Å². The molecule has 23 heavy (non-hydrogen) atoms. The third-order valence-corrected chi connectivity index (χ3v) is 4.13. The number of halogens is 1. The van der Waals surface area contributed by atoms with Crippen molar-refractivity contribution in [3.8, 4) is 0 Å². The van der Waals surface area contributed by atoms with Crippen molar-refractivity contribution < 1.29 is 4.39 Å². The highest BCUT2D eigenvalue weighted by Crippen LogP contribution is 2.25. The van der Waals surface area contributed by atoms with Gasteiger partial charge in [0.2, 0.25) is 0 Å². The van der Waals surface area contributed by atoms with E-state index in [4.69, 9.17) is 0 Å². The first-order valence-electron chi connectivity index (χ1n) is 8.00. The Bertz CT molecular complexity index is 720. The van der Waals surface area contributed by atoms with Crippen LogP contribution in [0.2, 0.25) is 0 Å². The second kappa shape index (κ2) is 7.40. The van der Waals surface area contributed by atoms with Crippen LogP contribution < -0.4 is 0 Å². The number of hydrogen-bond acceptors (Lipinski definition) is 1. The fourth-order valence-corrected chi connectivity index (χ4v) is 2.48. The summed E-state index contributed by atoms with van der Waals surface area (Å²) in [6.07, 6.45) is 2.46. The van der Waals surface area contributed by atoms with Gasteiger partial charge in [0.25, 0.3) is 0 Å². The van der Waals surface area contributed by atoms with E-state index in [0.29, 0.717) is 6.42 Å². The highest BCUT2D eigenvalue weighted by atomic mass is 19.1. The molecule has 0 atom stereocenters. The van der Waals surface area contributed by atoms with Gasteiger partial charge in [0, 0.05) is 20.0 Å². The lowest BCUT2D eigenvalue weighted by Gasteiger charge is -2.12. The summed E-state index contributed by atoms with van der Waals surface area (Å²) in [5, 5.41) is 0. The smallest absolute Gasteiger partial charge is 0.126 e. The quantitative estimate of drug-likeness (QED) is 0.563. The molecule has 2 nitrogen and oxygen atoms in total. The number of rotatable bonds is 5. The van der Waals surface area contributed by atoms with Gasteiger partial charge >= 0.3 is 0 Å². The molecule has 0 spiro atoms. The molecular weight excluding hydrogens is 287 g/mol. The molecule has 0 aromatic heterocycles. The van der Waals surface area contributed by atoms with Crippen molar-refractivity contribution in [3.63, 3.8) is 0 Å². The number of benzene rings is 2. The minimum absolute atomic E-state index is 0.140. The summed E-state index contributed by atoms with van der Waals surface area (Å²) in [5.74, 6) is -0.140. The van der Waals surface area contributed by atoms with Crippen LogP contribution in [0.5, 0.6) is 0 Å². The van der Waals surface area contributed by atoms with Crippen LogP contribution in [-0.4, -0.2) is 24.8 Å². The minimum Gasteiger partial charge on any atom is -0.366 e. The van der Waals surface area contributed by atoms with Gasteiger partial charge in [-0.05, 0) is 62.1 Å². The molecule has 0 aliphatic carbocycles. The van der Waals surface area contributed by atoms with E-state index in [0.717, 1.165) is 40.0 Å². The Hall–Kier alpha value is -2.16. The van der Waals surface area contributed by atoms with Gasteiger partial charge in [-0.1, -0.05) is 23.8 Å². The van der Waals surface area contributed by atoms with E-state index in [1.807, 2.05) is 38.2 Å². The molecule has 0 aliphatic heterocycles. The molecule has 122 valence electrons. The molecule has 0 heterocycles. The number of nitrogens with zero attached hydrogens (tertiary/aromatic N) is 2. The third kappa shape index (κ3) is 4.41. The van der Waals surface area contributed by atoms with Gasteiger partial charge in [-0.3, -0.25) is 0 Å². The Kier molecular flexibility index (Phi) is 5.54. The summed E-state index contributed by atoms with van der Waals surface area (Å²) in [6.45, 7) is 9.11. The summed E-state index contributed by atoms with van der Waals surface area (Å²) in [7, 11) is 2.00. The summed E-state index contributed by atoms with van der Waals surface area (Å²) in [4.78, 5) is 6.58. The molecule has 0 bridgehead atoms. The van der Waals surface area contributed by atoms with Crippen LogP contribution in [0.4, 0.5) is 10.1 Å². The van der Waals surface area contributed by atoms with Crippen LogP contribution in [0.15, 0.2) is 35.3 Å². The van der Waals surface area contributed by atoms with Crippen LogP contribution in [0.1, 0.15) is 34.7 Å². The maximum atomic E-state index is 14.0. The zero-order valence-electron chi connectivity index (χ0n) is 14.7. The molecule has 3 heteroatoms. The molecular formula is C20H25FN2. The van der Waals surface area contributed by atoms with Gasteiger partial charge in [0.05, 0.1) is 12.0 Å². The predicted octanol–water partition coefficient (Wildman–Crippen LogP) is 4.95. The SMILES string of the molecule is CCN(C)C=Nc1cc(C)c(Cc2cc(C)ccc2F)cc1C. The average Bonchev–Trinajstić information content (AvgIpc) is 2.52. The van der Waals surface area contributed by atoms with Crippen molar-refractivity contribution in [1.82, 2.24) is 4.90 Å². The maximum Gasteiger partial charge on any atom is 0.126 e. The predicted molar refractivity (Wildman–Crippen MR) is 96.3 cm³/mol. The number of aryl methyl sites for hydroxylation is 3. The van der Waals surface area contributed by atoms with E-state index in [2.05, 4.69) is 31.0 Å². The Balaban J connectivity index is 2.29. The van der Waals surface area contributed by atoms with Gasteiger partial charge in [0.1, 0.15) is 5.82 Å². The van der Waals surface area contributed by atoms with Crippen molar-refractivity contribution in [1.29, 1.82) is 0 Å². The fraction of sp³-hybridized carbons (Fsp3) is 0.350. The molecule has 0 N–H and O–H groups in total. The van der Waals surface area contributed by atoms with Gasteiger partial charge in [0.15, 0.2) is 0 Å². The van der Waals surface area contributed by atoms with Crippen LogP contribution >= 0.6 is 0 Å². The fourth-order valence-electron chi connectivity index (χ4n) is 2.48. The monoisotopic (exact) mass is 312 g/mol. The molecule has 2 aromatic rings. The van der Waals surface area contributed by atoms with Crippen LogP contribution in [0, 0.1) is 26.6 Å². The Morgan fingerprint density at radius 2 is 1.78 bits per heavy atom. The maximum absolute atomic E-state index is 14.0. The van der Waals surface area contributed by atoms with Crippen molar-refractivity contribution in [2.45, 2.75) is 34.1 Å². The summed E-state index contributed by atoms with van der Waals surface area (Å²) >= 11 is 0. The molecule has 0 fully saturated rings. The molecule has 0 saturated heterocycles. The molecule has 0 saturated carbocycles. The van der Waals surface area contributed by atoms with Crippen molar-refractivity contribution in [3.05, 3.63) is 64.0 Å². The zero-order chi connectivity index (χ0) is 17.0. The first kappa shape index (κ1) is 17.2.